The van der Waals surface area contributed by atoms with Crippen molar-refractivity contribution in [1.29, 1.82) is 0 Å². The van der Waals surface area contributed by atoms with Crippen LogP contribution in [-0.2, 0) is 9.53 Å². The van der Waals surface area contributed by atoms with Crippen LogP contribution in [0.3, 0.4) is 0 Å². The van der Waals surface area contributed by atoms with Gasteiger partial charge in [-0.3, -0.25) is 4.79 Å². The predicted octanol–water partition coefficient (Wildman–Crippen LogP) is 1.47. The van der Waals surface area contributed by atoms with Crippen LogP contribution in [0.2, 0.25) is 0 Å². The molecule has 100 valence electrons. The number of nitrogens with one attached hydrogen (secondary N) is 1. The Bertz CT molecular complexity index is 233. The van der Waals surface area contributed by atoms with Crippen LogP contribution < -0.4 is 5.32 Å². The van der Waals surface area contributed by atoms with Gasteiger partial charge in [0.25, 0.3) is 0 Å². The molecule has 2 N–H and O–H groups in total. The van der Waals surface area contributed by atoms with Gasteiger partial charge in [-0.1, -0.05) is 33.1 Å². The van der Waals surface area contributed by atoms with Gasteiger partial charge in [0.05, 0.1) is 12.7 Å². The van der Waals surface area contributed by atoms with Crippen LogP contribution >= 0.6 is 0 Å². The fourth-order valence-corrected chi connectivity index (χ4v) is 2.10. The Labute approximate surface area is 104 Å². The van der Waals surface area contributed by atoms with Gasteiger partial charge in [-0.05, 0) is 12.3 Å². The number of ether oxygens (including phenoxy) is 1. The van der Waals surface area contributed by atoms with E-state index < -0.39 is 6.10 Å². The number of carbonyl (C=O) groups is 1. The molecular formula is C13H25NO3. The molecule has 0 amide bonds. The number of unbranched alkanes of at least 4 members (excludes halogenated alkanes) is 1. The number of esters is 1. The molecule has 0 aromatic rings. The van der Waals surface area contributed by atoms with E-state index in [2.05, 4.69) is 19.2 Å². The van der Waals surface area contributed by atoms with Crippen LogP contribution in [0.5, 0.6) is 0 Å². The molecule has 4 heteroatoms. The molecule has 3 atom stereocenters. The number of rotatable bonds is 7. The Hall–Kier alpha value is -0.610. The normalized spacial score (nSPS) is 25.8. The molecular weight excluding hydrogens is 218 g/mol. The molecule has 1 heterocycles. The number of carbonyl (C=O) groups excluding carboxylic acids is 1. The zero-order valence-electron chi connectivity index (χ0n) is 10.9. The van der Waals surface area contributed by atoms with E-state index in [1.807, 2.05) is 0 Å². The van der Waals surface area contributed by atoms with E-state index in [9.17, 15) is 9.90 Å². The minimum absolute atomic E-state index is 0.212. The van der Waals surface area contributed by atoms with Crippen molar-refractivity contribution in [3.63, 3.8) is 0 Å². The van der Waals surface area contributed by atoms with Crippen LogP contribution in [0.4, 0.5) is 0 Å². The Balaban J connectivity index is 2.21. The van der Waals surface area contributed by atoms with Gasteiger partial charge < -0.3 is 15.2 Å². The number of hydrogen-bond acceptors (Lipinski definition) is 4. The predicted molar refractivity (Wildman–Crippen MR) is 66.7 cm³/mol. The zero-order chi connectivity index (χ0) is 12.7. The van der Waals surface area contributed by atoms with Crippen molar-refractivity contribution < 1.29 is 14.6 Å². The lowest BCUT2D eigenvalue weighted by Crippen LogP contribution is -2.33. The topological polar surface area (TPSA) is 58.6 Å². The highest BCUT2D eigenvalue weighted by Crippen LogP contribution is 2.14. The van der Waals surface area contributed by atoms with E-state index in [1.165, 1.54) is 12.8 Å². The van der Waals surface area contributed by atoms with E-state index in [4.69, 9.17) is 4.74 Å². The van der Waals surface area contributed by atoms with Gasteiger partial charge in [-0.25, -0.2) is 0 Å². The highest BCUT2D eigenvalue weighted by Gasteiger charge is 2.29. The van der Waals surface area contributed by atoms with Crippen molar-refractivity contribution in [2.75, 3.05) is 13.2 Å². The van der Waals surface area contributed by atoms with Gasteiger partial charge in [-0.2, -0.15) is 0 Å². The monoisotopic (exact) mass is 243 g/mol. The summed E-state index contributed by atoms with van der Waals surface area (Å²) in [6, 6.07) is -0.311. The summed E-state index contributed by atoms with van der Waals surface area (Å²) in [6.07, 6.45) is 4.62. The van der Waals surface area contributed by atoms with Crippen LogP contribution in [0.1, 0.15) is 46.0 Å². The third kappa shape index (κ3) is 5.04. The minimum Gasteiger partial charge on any atom is -0.464 e. The van der Waals surface area contributed by atoms with Gasteiger partial charge in [0.1, 0.15) is 6.04 Å². The van der Waals surface area contributed by atoms with E-state index in [0.717, 1.165) is 12.8 Å². The Kier molecular flexibility index (Phi) is 6.52. The van der Waals surface area contributed by atoms with Crippen LogP contribution in [0, 0.1) is 5.92 Å². The quantitative estimate of drug-likeness (QED) is 0.665. The van der Waals surface area contributed by atoms with Crippen molar-refractivity contribution in [2.24, 2.45) is 5.92 Å². The Morgan fingerprint density at radius 3 is 2.82 bits per heavy atom. The summed E-state index contributed by atoms with van der Waals surface area (Å²) in [5.41, 5.74) is 0. The molecule has 0 aromatic carbocycles. The highest BCUT2D eigenvalue weighted by molar-refractivity contribution is 5.76. The van der Waals surface area contributed by atoms with Gasteiger partial charge in [0, 0.05) is 13.0 Å². The maximum absolute atomic E-state index is 11.7. The van der Waals surface area contributed by atoms with Gasteiger partial charge in [0.2, 0.25) is 0 Å². The molecule has 0 aliphatic carbocycles. The van der Waals surface area contributed by atoms with E-state index in [0.29, 0.717) is 25.5 Å². The summed E-state index contributed by atoms with van der Waals surface area (Å²) in [5.74, 6) is 0.265. The maximum Gasteiger partial charge on any atom is 0.323 e. The summed E-state index contributed by atoms with van der Waals surface area (Å²) < 4.78 is 5.31. The van der Waals surface area contributed by atoms with E-state index in [1.54, 1.807) is 0 Å². The zero-order valence-corrected chi connectivity index (χ0v) is 10.9. The molecule has 1 saturated heterocycles. The van der Waals surface area contributed by atoms with Gasteiger partial charge in [-0.15, -0.1) is 0 Å². The van der Waals surface area contributed by atoms with Crippen molar-refractivity contribution in [2.45, 2.75) is 58.1 Å². The second kappa shape index (κ2) is 7.67. The smallest absolute Gasteiger partial charge is 0.323 e. The summed E-state index contributed by atoms with van der Waals surface area (Å²) in [6.45, 7) is 5.31. The molecule has 17 heavy (non-hydrogen) atoms. The first kappa shape index (κ1) is 14.5. The maximum atomic E-state index is 11.7. The number of aliphatic hydroxyl groups excluding tert-OH is 1. The van der Waals surface area contributed by atoms with Crippen molar-refractivity contribution in [3.8, 4) is 0 Å². The molecule has 0 radical (unpaired) electrons. The average Bonchev–Trinajstić information content (AvgIpc) is 2.76. The molecule has 1 aliphatic heterocycles. The van der Waals surface area contributed by atoms with Crippen molar-refractivity contribution in [3.05, 3.63) is 0 Å². The van der Waals surface area contributed by atoms with Crippen molar-refractivity contribution >= 4 is 5.97 Å². The molecule has 1 rings (SSSR count). The number of hydrogen-bond donors (Lipinski definition) is 2. The molecule has 0 aromatic heterocycles. The highest BCUT2D eigenvalue weighted by atomic mass is 16.5. The first-order chi connectivity index (χ1) is 8.17. The lowest BCUT2D eigenvalue weighted by molar-refractivity contribution is -0.147. The fraction of sp³-hybridized carbons (Fsp3) is 0.923. The van der Waals surface area contributed by atoms with Crippen LogP contribution in [-0.4, -0.2) is 36.4 Å². The van der Waals surface area contributed by atoms with E-state index >= 15 is 0 Å². The SMILES string of the molecule is CCCCC(CC)COC(=O)[C@H]1C[C@@H](O)CN1. The first-order valence-corrected chi connectivity index (χ1v) is 6.75. The molecule has 1 unspecified atom stereocenters. The Morgan fingerprint density at radius 1 is 1.53 bits per heavy atom. The molecule has 0 spiro atoms. The van der Waals surface area contributed by atoms with E-state index in [-0.39, 0.29) is 12.0 Å². The minimum atomic E-state index is -0.408. The third-order valence-corrected chi connectivity index (χ3v) is 3.40. The second-order valence-corrected chi connectivity index (χ2v) is 4.90. The van der Waals surface area contributed by atoms with Gasteiger partial charge in [0.15, 0.2) is 0 Å². The second-order valence-electron chi connectivity index (χ2n) is 4.90. The molecule has 0 saturated carbocycles. The largest absolute Gasteiger partial charge is 0.464 e. The lowest BCUT2D eigenvalue weighted by atomic mass is 10.0. The standard InChI is InChI=1S/C13H25NO3/c1-3-5-6-10(4-2)9-17-13(16)12-7-11(15)8-14-12/h10-12,14-15H,3-9H2,1-2H3/t10?,11-,12-/m1/s1. The summed E-state index contributed by atoms with van der Waals surface area (Å²) in [4.78, 5) is 11.7. The fourth-order valence-electron chi connectivity index (χ4n) is 2.10. The molecule has 0 bridgehead atoms. The number of aliphatic hydroxyl groups is 1. The molecule has 4 nitrogen and oxygen atoms in total. The molecule has 1 fully saturated rings. The first-order valence-electron chi connectivity index (χ1n) is 6.75. The lowest BCUT2D eigenvalue weighted by Gasteiger charge is -2.16. The average molecular weight is 243 g/mol. The van der Waals surface area contributed by atoms with Crippen molar-refractivity contribution in [1.82, 2.24) is 5.32 Å². The summed E-state index contributed by atoms with van der Waals surface area (Å²) in [5, 5.41) is 12.3. The van der Waals surface area contributed by atoms with Crippen LogP contribution in [0.25, 0.3) is 0 Å². The number of β-amino-alcohol motifs (C(OH)–C–C–N with tert-alkyl or cyclic N) is 1. The third-order valence-electron chi connectivity index (χ3n) is 3.40. The summed E-state index contributed by atoms with van der Waals surface area (Å²) in [7, 11) is 0. The van der Waals surface area contributed by atoms with Gasteiger partial charge >= 0.3 is 5.97 Å². The summed E-state index contributed by atoms with van der Waals surface area (Å²) >= 11 is 0. The molecule has 1 aliphatic rings. The Morgan fingerprint density at radius 2 is 2.29 bits per heavy atom. The van der Waals surface area contributed by atoms with Crippen LogP contribution in [0.15, 0.2) is 0 Å².